The van der Waals surface area contributed by atoms with Gasteiger partial charge in [-0.25, -0.2) is 0 Å². The maximum atomic E-state index is 14.4. The molecular weight excluding hydrogens is 680 g/mol. The molecule has 0 radical (unpaired) electrons. The first-order chi connectivity index (χ1) is 24.8. The van der Waals surface area contributed by atoms with Crippen LogP contribution in [-0.2, 0) is 47.7 Å². The third kappa shape index (κ3) is 6.75. The van der Waals surface area contributed by atoms with E-state index in [2.05, 4.69) is 6.92 Å². The van der Waals surface area contributed by atoms with Crippen molar-refractivity contribution in [3.8, 4) is 0 Å². The van der Waals surface area contributed by atoms with Crippen LogP contribution in [0.1, 0.15) is 100 Å². The molecular formula is C42H62O11. The molecule has 0 aromatic heterocycles. The average molecular weight is 743 g/mol. The summed E-state index contributed by atoms with van der Waals surface area (Å²) in [5.41, 5.74) is -1.41. The first-order valence-corrected chi connectivity index (χ1v) is 20.3. The fourth-order valence-electron chi connectivity index (χ4n) is 13.9. The summed E-state index contributed by atoms with van der Waals surface area (Å²) in [6.07, 6.45) is 4.56. The number of esters is 5. The van der Waals surface area contributed by atoms with E-state index in [4.69, 9.17) is 23.7 Å². The molecule has 0 amide bonds. The zero-order chi connectivity index (χ0) is 38.5. The second-order valence-electron chi connectivity index (χ2n) is 20.1. The molecule has 53 heavy (non-hydrogen) atoms. The fourth-order valence-corrected chi connectivity index (χ4v) is 13.9. The highest BCUT2D eigenvalue weighted by atomic mass is 16.7. The quantitative estimate of drug-likeness (QED) is 0.129. The van der Waals surface area contributed by atoms with E-state index in [1.54, 1.807) is 0 Å². The number of rotatable bonds is 10. The highest BCUT2D eigenvalue weighted by molar-refractivity contribution is 5.96. The summed E-state index contributed by atoms with van der Waals surface area (Å²) in [7, 11) is 1.47. The number of aliphatic hydroxyl groups excluding tert-OH is 1. The van der Waals surface area contributed by atoms with Gasteiger partial charge < -0.3 is 28.8 Å². The lowest BCUT2D eigenvalue weighted by molar-refractivity contribution is -0.182. The van der Waals surface area contributed by atoms with Crippen LogP contribution in [0.4, 0.5) is 0 Å². The van der Waals surface area contributed by atoms with E-state index in [0.29, 0.717) is 30.1 Å². The fraction of sp³-hybridized carbons (Fsp3) is 0.881. The summed E-state index contributed by atoms with van der Waals surface area (Å²) < 4.78 is 27.8. The van der Waals surface area contributed by atoms with E-state index < -0.39 is 64.9 Å². The van der Waals surface area contributed by atoms with Crippen molar-refractivity contribution in [3.63, 3.8) is 0 Å². The highest BCUT2D eigenvalue weighted by Crippen LogP contribution is 2.73. The highest BCUT2D eigenvalue weighted by Gasteiger charge is 2.72. The molecule has 0 aromatic carbocycles. The minimum atomic E-state index is -0.848. The summed E-state index contributed by atoms with van der Waals surface area (Å²) in [5, 5.41) is 11.7. The number of aliphatic hydroxyl groups is 1. The topological polar surface area (TPSA) is 152 Å². The molecule has 296 valence electrons. The summed E-state index contributed by atoms with van der Waals surface area (Å²) in [4.78, 5) is 67.7. The number of hydrogen-bond acceptors (Lipinski definition) is 11. The van der Waals surface area contributed by atoms with Crippen molar-refractivity contribution in [3.05, 3.63) is 0 Å². The number of carbonyl (C=O) groups is 5. The Morgan fingerprint density at radius 2 is 1.34 bits per heavy atom. The molecule has 11 nitrogen and oxygen atoms in total. The van der Waals surface area contributed by atoms with Gasteiger partial charge in [-0.05, 0) is 157 Å². The zero-order valence-corrected chi connectivity index (χ0v) is 33.1. The lowest BCUT2D eigenvalue weighted by Gasteiger charge is -2.52. The predicted octanol–water partition coefficient (Wildman–Crippen LogP) is 5.59. The largest absolute Gasteiger partial charge is 0.460 e. The molecule has 18 atom stereocenters. The third-order valence-electron chi connectivity index (χ3n) is 15.1. The van der Waals surface area contributed by atoms with Gasteiger partial charge in [-0.3, -0.25) is 24.0 Å². The molecule has 1 aliphatic heterocycles. The van der Waals surface area contributed by atoms with Crippen molar-refractivity contribution in [1.29, 1.82) is 0 Å². The van der Waals surface area contributed by atoms with Crippen LogP contribution in [0, 0.1) is 101 Å². The smallest absolute Gasteiger partial charge is 0.317 e. The summed E-state index contributed by atoms with van der Waals surface area (Å²) in [5.74, 6) is -3.39. The van der Waals surface area contributed by atoms with Crippen LogP contribution in [0.5, 0.6) is 0 Å². The predicted molar refractivity (Wildman–Crippen MR) is 190 cm³/mol. The van der Waals surface area contributed by atoms with Gasteiger partial charge >= 0.3 is 29.8 Å². The molecule has 6 bridgehead atoms. The van der Waals surface area contributed by atoms with Crippen molar-refractivity contribution in [2.24, 2.45) is 101 Å². The summed E-state index contributed by atoms with van der Waals surface area (Å²) in [6, 6.07) is 0. The van der Waals surface area contributed by atoms with Gasteiger partial charge in [0.1, 0.15) is 11.2 Å². The van der Waals surface area contributed by atoms with Gasteiger partial charge in [0.15, 0.2) is 6.79 Å². The van der Waals surface area contributed by atoms with Gasteiger partial charge in [0.2, 0.25) is 0 Å². The van der Waals surface area contributed by atoms with Crippen molar-refractivity contribution >= 4 is 29.8 Å². The molecule has 6 saturated carbocycles. The van der Waals surface area contributed by atoms with E-state index in [9.17, 15) is 29.1 Å². The lowest BCUT2D eigenvalue weighted by atomic mass is 9.52. The molecule has 1 N–H and O–H groups in total. The minimum absolute atomic E-state index is 0.00967. The van der Waals surface area contributed by atoms with Crippen LogP contribution in [-0.4, -0.2) is 66.2 Å². The standard InChI is InChI=1S/C42H62O11/c1-18-22-13-23(27(43)16-28(44)52-41(3,4)5)24(14-22)29(18)33-25-15-26(36(40(48)53-42(6,7)8)35(25)38(46)50-17-49-9)34(33)32-21-11-10-20(12-21)31(32)30-19(2)37(45)51-39(30)47/h18-27,29-36,43H,10-17H2,1-9H3. The summed E-state index contributed by atoms with van der Waals surface area (Å²) >= 11 is 0. The number of fused-ring (bicyclic) bond motifs is 6. The molecule has 7 aliphatic rings. The Kier molecular flexibility index (Phi) is 10.2. The van der Waals surface area contributed by atoms with Crippen molar-refractivity contribution in [2.75, 3.05) is 13.9 Å². The second kappa shape index (κ2) is 13.9. The molecule has 0 spiro atoms. The van der Waals surface area contributed by atoms with Crippen LogP contribution in [0.2, 0.25) is 0 Å². The van der Waals surface area contributed by atoms with Gasteiger partial charge in [0.25, 0.3) is 0 Å². The van der Waals surface area contributed by atoms with E-state index in [-0.39, 0.29) is 72.4 Å². The summed E-state index contributed by atoms with van der Waals surface area (Å²) in [6.45, 7) is 14.9. The Hall–Kier alpha value is -2.53. The van der Waals surface area contributed by atoms with Gasteiger partial charge in [-0.2, -0.15) is 0 Å². The van der Waals surface area contributed by atoms with Crippen LogP contribution < -0.4 is 0 Å². The lowest BCUT2D eigenvalue weighted by Crippen LogP contribution is -2.53. The van der Waals surface area contributed by atoms with E-state index in [1.807, 2.05) is 48.5 Å². The first-order valence-electron chi connectivity index (χ1n) is 20.3. The molecule has 7 rings (SSSR count). The van der Waals surface area contributed by atoms with Gasteiger partial charge in [-0.1, -0.05) is 13.8 Å². The van der Waals surface area contributed by atoms with Crippen LogP contribution >= 0.6 is 0 Å². The van der Waals surface area contributed by atoms with Crippen molar-refractivity contribution in [1.82, 2.24) is 0 Å². The first kappa shape index (κ1) is 38.7. The average Bonchev–Trinajstić information content (AvgIpc) is 3.90. The van der Waals surface area contributed by atoms with Crippen molar-refractivity contribution < 1.29 is 52.8 Å². The molecule has 6 aliphatic carbocycles. The van der Waals surface area contributed by atoms with Crippen LogP contribution in [0.3, 0.4) is 0 Å². The third-order valence-corrected chi connectivity index (χ3v) is 15.1. The van der Waals surface area contributed by atoms with Gasteiger partial charge in [0, 0.05) is 7.11 Å². The van der Waals surface area contributed by atoms with Crippen LogP contribution in [0.15, 0.2) is 0 Å². The molecule has 1 heterocycles. The zero-order valence-electron chi connectivity index (χ0n) is 33.1. The van der Waals surface area contributed by atoms with Crippen LogP contribution in [0.25, 0.3) is 0 Å². The normalized spacial score (nSPS) is 44.8. The second-order valence-corrected chi connectivity index (χ2v) is 20.1. The Morgan fingerprint density at radius 3 is 1.91 bits per heavy atom. The Labute approximate surface area is 314 Å². The number of methoxy groups -OCH3 is 1. The monoisotopic (exact) mass is 742 g/mol. The molecule has 18 unspecified atom stereocenters. The van der Waals surface area contributed by atoms with Gasteiger partial charge in [-0.15, -0.1) is 0 Å². The maximum absolute atomic E-state index is 14.4. The number of hydrogen-bond donors (Lipinski definition) is 1. The van der Waals surface area contributed by atoms with Crippen molar-refractivity contribution in [2.45, 2.75) is 118 Å². The Morgan fingerprint density at radius 1 is 0.736 bits per heavy atom. The minimum Gasteiger partial charge on any atom is -0.460 e. The van der Waals surface area contributed by atoms with E-state index in [0.717, 1.165) is 32.1 Å². The van der Waals surface area contributed by atoms with Gasteiger partial charge in [0.05, 0.1) is 36.2 Å². The Bertz CT molecular complexity index is 1480. The Balaban J connectivity index is 1.29. The SMILES string of the molecule is COCOC(=O)C1C2CC(C1C(=O)OC(C)(C)C)C(C1C3CCC(C3)C1C1C(=O)OC(=O)C1C)C2C1C(C)C2CC(C(O)CC(=O)OC(C)(C)C)C1C2. The maximum Gasteiger partial charge on any atom is 0.317 e. The number of cyclic esters (lactones) is 2. The molecule has 11 heteroatoms. The molecule has 7 fully saturated rings. The molecule has 0 aromatic rings. The molecule has 1 saturated heterocycles. The van der Waals surface area contributed by atoms with E-state index >= 15 is 0 Å². The number of ether oxygens (including phenoxy) is 5. The number of carbonyl (C=O) groups excluding carboxylic acids is 5. The van der Waals surface area contributed by atoms with E-state index in [1.165, 1.54) is 7.11 Å².